The monoisotopic (exact) mass is 282 g/mol. The molecule has 0 N–H and O–H groups in total. The summed E-state index contributed by atoms with van der Waals surface area (Å²) in [5.74, 6) is 1.98. The van der Waals surface area contributed by atoms with E-state index in [9.17, 15) is 0 Å². The maximum atomic E-state index is 2.50. The number of hydrogen-bond acceptors (Lipinski definition) is 0. The van der Waals surface area contributed by atoms with Gasteiger partial charge in [-0.1, -0.05) is 111 Å². The predicted octanol–water partition coefficient (Wildman–Crippen LogP) is 7.76. The highest BCUT2D eigenvalue weighted by molar-refractivity contribution is 4.65. The zero-order valence-electron chi connectivity index (χ0n) is 15.1. The molecule has 0 amide bonds. The smallest absolute Gasteiger partial charge is 0.0412 e. The Morgan fingerprint density at radius 2 is 1.00 bits per heavy atom. The van der Waals surface area contributed by atoms with Crippen molar-refractivity contribution in [2.45, 2.75) is 118 Å². The Morgan fingerprint density at radius 3 is 1.50 bits per heavy atom. The van der Waals surface area contributed by atoms with Crippen LogP contribution in [0, 0.1) is 11.8 Å². The molecule has 0 saturated heterocycles. The molecule has 0 heterocycles. The van der Waals surface area contributed by atoms with Crippen molar-refractivity contribution in [3.63, 3.8) is 0 Å². The summed E-state index contributed by atoms with van der Waals surface area (Å²) >= 11 is 0. The third-order valence-corrected chi connectivity index (χ3v) is 4.72. The molecule has 1 atom stereocenters. The zero-order valence-corrected chi connectivity index (χ0v) is 15.1. The first kappa shape index (κ1) is 20.0. The van der Waals surface area contributed by atoms with E-state index in [0.717, 1.165) is 11.8 Å². The van der Waals surface area contributed by atoms with Crippen LogP contribution in [0.1, 0.15) is 118 Å². The maximum absolute atomic E-state index is 2.50. The lowest BCUT2D eigenvalue weighted by Gasteiger charge is -2.21. The molecule has 0 aliphatic carbocycles. The van der Waals surface area contributed by atoms with E-state index < -0.39 is 0 Å². The number of unbranched alkanes of at least 4 members (excludes halogenated alkanes) is 7. The van der Waals surface area contributed by atoms with Gasteiger partial charge in [0.15, 0.2) is 0 Å². The third-order valence-electron chi connectivity index (χ3n) is 4.72. The van der Waals surface area contributed by atoms with Crippen LogP contribution < -0.4 is 0 Å². The molecule has 20 heavy (non-hydrogen) atoms. The Bertz CT molecular complexity index is 163. The third kappa shape index (κ3) is 13.0. The summed E-state index contributed by atoms with van der Waals surface area (Å²) in [6, 6.07) is 0. The highest BCUT2D eigenvalue weighted by atomic mass is 14.2. The van der Waals surface area contributed by atoms with E-state index in [2.05, 4.69) is 27.7 Å². The summed E-state index contributed by atoms with van der Waals surface area (Å²) in [4.78, 5) is 0. The first-order valence-corrected chi connectivity index (χ1v) is 9.74. The second-order valence-electron chi connectivity index (χ2n) is 7.05. The molecule has 0 heteroatoms. The van der Waals surface area contributed by atoms with Crippen molar-refractivity contribution in [3.05, 3.63) is 0 Å². The quantitative estimate of drug-likeness (QED) is 0.269. The Kier molecular flexibility index (Phi) is 15.4. The molecule has 122 valence electrons. The number of rotatable bonds is 15. The van der Waals surface area contributed by atoms with Crippen molar-refractivity contribution in [2.24, 2.45) is 11.8 Å². The van der Waals surface area contributed by atoms with Crippen LogP contribution in [0.2, 0.25) is 0 Å². The second kappa shape index (κ2) is 15.4. The fourth-order valence-corrected chi connectivity index (χ4v) is 3.35. The van der Waals surface area contributed by atoms with Crippen molar-refractivity contribution in [3.8, 4) is 0 Å². The fraction of sp³-hybridized carbons (Fsp3) is 1.00. The molecular formula is C20H42. The van der Waals surface area contributed by atoms with Gasteiger partial charge in [0.2, 0.25) is 0 Å². The standard InChI is InChI=1S/C20H42/c1-5-8-11-14-15-19(4)18-20(16-12-9-6-2)17-13-10-7-3/h19-20H,5-18H2,1-4H3. The largest absolute Gasteiger partial charge is 0.0654 e. The molecule has 0 saturated carbocycles. The summed E-state index contributed by atoms with van der Waals surface area (Å²) in [5, 5.41) is 0. The molecule has 0 radical (unpaired) electrons. The van der Waals surface area contributed by atoms with Gasteiger partial charge in [-0.3, -0.25) is 0 Å². The van der Waals surface area contributed by atoms with E-state index in [-0.39, 0.29) is 0 Å². The van der Waals surface area contributed by atoms with Crippen LogP contribution in [-0.2, 0) is 0 Å². The number of hydrogen-bond donors (Lipinski definition) is 0. The van der Waals surface area contributed by atoms with Gasteiger partial charge in [0.1, 0.15) is 0 Å². The Hall–Kier alpha value is 0. The first-order valence-electron chi connectivity index (χ1n) is 9.74. The van der Waals surface area contributed by atoms with Crippen LogP contribution in [0.25, 0.3) is 0 Å². The summed E-state index contributed by atoms with van der Waals surface area (Å²) in [6.45, 7) is 9.45. The zero-order chi connectivity index (χ0) is 15.1. The molecule has 0 fully saturated rings. The van der Waals surface area contributed by atoms with Crippen LogP contribution in [0.5, 0.6) is 0 Å². The highest BCUT2D eigenvalue weighted by Crippen LogP contribution is 2.27. The topological polar surface area (TPSA) is 0 Å². The summed E-state index contributed by atoms with van der Waals surface area (Å²) in [6.07, 6.45) is 20.2. The van der Waals surface area contributed by atoms with E-state index in [1.807, 2.05) is 0 Å². The average Bonchev–Trinajstić information content (AvgIpc) is 2.44. The average molecular weight is 283 g/mol. The molecule has 0 nitrogen and oxygen atoms in total. The fourth-order valence-electron chi connectivity index (χ4n) is 3.35. The minimum atomic E-state index is 0.958. The SMILES string of the molecule is CCCCCCC(C)CC(CCCCC)CCCCC. The minimum absolute atomic E-state index is 0.958. The van der Waals surface area contributed by atoms with E-state index in [1.54, 1.807) is 0 Å². The normalized spacial score (nSPS) is 13.1. The second-order valence-corrected chi connectivity index (χ2v) is 7.05. The van der Waals surface area contributed by atoms with Gasteiger partial charge in [0.25, 0.3) is 0 Å². The lowest BCUT2D eigenvalue weighted by Crippen LogP contribution is -2.07. The molecule has 0 bridgehead atoms. The van der Waals surface area contributed by atoms with E-state index in [1.165, 1.54) is 89.9 Å². The van der Waals surface area contributed by atoms with Gasteiger partial charge >= 0.3 is 0 Å². The first-order chi connectivity index (χ1) is 9.74. The van der Waals surface area contributed by atoms with Crippen LogP contribution in [-0.4, -0.2) is 0 Å². The van der Waals surface area contributed by atoms with Crippen molar-refractivity contribution in [1.29, 1.82) is 0 Å². The Labute approximate surface area is 130 Å². The Morgan fingerprint density at radius 1 is 0.550 bits per heavy atom. The van der Waals surface area contributed by atoms with Gasteiger partial charge in [-0.15, -0.1) is 0 Å². The summed E-state index contributed by atoms with van der Waals surface area (Å²) < 4.78 is 0. The van der Waals surface area contributed by atoms with Crippen LogP contribution in [0.3, 0.4) is 0 Å². The van der Waals surface area contributed by atoms with Gasteiger partial charge in [0.05, 0.1) is 0 Å². The highest BCUT2D eigenvalue weighted by Gasteiger charge is 2.12. The molecule has 0 aromatic heterocycles. The van der Waals surface area contributed by atoms with Gasteiger partial charge in [0, 0.05) is 0 Å². The van der Waals surface area contributed by atoms with Gasteiger partial charge in [-0.25, -0.2) is 0 Å². The van der Waals surface area contributed by atoms with Crippen molar-refractivity contribution in [2.75, 3.05) is 0 Å². The summed E-state index contributed by atoms with van der Waals surface area (Å²) in [5.41, 5.74) is 0. The van der Waals surface area contributed by atoms with E-state index in [4.69, 9.17) is 0 Å². The van der Waals surface area contributed by atoms with Gasteiger partial charge < -0.3 is 0 Å². The van der Waals surface area contributed by atoms with Crippen molar-refractivity contribution in [1.82, 2.24) is 0 Å². The van der Waals surface area contributed by atoms with Gasteiger partial charge in [-0.05, 0) is 18.3 Å². The lowest BCUT2D eigenvalue weighted by atomic mass is 9.85. The minimum Gasteiger partial charge on any atom is -0.0654 e. The molecular weight excluding hydrogens is 240 g/mol. The van der Waals surface area contributed by atoms with E-state index in [0.29, 0.717) is 0 Å². The van der Waals surface area contributed by atoms with Crippen LogP contribution in [0.15, 0.2) is 0 Å². The van der Waals surface area contributed by atoms with Crippen LogP contribution in [0.4, 0.5) is 0 Å². The van der Waals surface area contributed by atoms with Crippen molar-refractivity contribution >= 4 is 0 Å². The summed E-state index contributed by atoms with van der Waals surface area (Å²) in [7, 11) is 0. The predicted molar refractivity (Wildman–Crippen MR) is 94.3 cm³/mol. The maximum Gasteiger partial charge on any atom is -0.0412 e. The van der Waals surface area contributed by atoms with Crippen molar-refractivity contribution < 1.29 is 0 Å². The lowest BCUT2D eigenvalue weighted by molar-refractivity contribution is 0.315. The molecule has 1 unspecified atom stereocenters. The molecule has 0 aromatic rings. The Balaban J connectivity index is 3.84. The van der Waals surface area contributed by atoms with E-state index >= 15 is 0 Å². The molecule has 0 aromatic carbocycles. The molecule has 0 aliphatic rings. The van der Waals surface area contributed by atoms with Gasteiger partial charge in [-0.2, -0.15) is 0 Å². The molecule has 0 aliphatic heterocycles. The molecule has 0 rings (SSSR count). The molecule has 0 spiro atoms. The van der Waals surface area contributed by atoms with Crippen LogP contribution >= 0.6 is 0 Å².